The van der Waals surface area contributed by atoms with Crippen molar-refractivity contribution in [1.29, 1.82) is 0 Å². The van der Waals surface area contributed by atoms with Gasteiger partial charge in [-0.3, -0.25) is 14.5 Å². The number of Topliss-reactive ketones (excluding diaryl/α,β-unsaturated/α-hetero) is 1. The molecule has 0 fully saturated rings. The maximum atomic E-state index is 12.8. The van der Waals surface area contributed by atoms with Crippen LogP contribution in [0.15, 0.2) is 53.8 Å². The second kappa shape index (κ2) is 7.67. The van der Waals surface area contributed by atoms with Gasteiger partial charge in [0.15, 0.2) is 23.0 Å². The number of methoxy groups -OCH3 is 2. The van der Waals surface area contributed by atoms with Gasteiger partial charge in [-0.15, -0.1) is 0 Å². The van der Waals surface area contributed by atoms with Crippen molar-refractivity contribution in [3.8, 4) is 11.5 Å². The van der Waals surface area contributed by atoms with Crippen LogP contribution in [0.4, 0.5) is 5.69 Å². The predicted molar refractivity (Wildman–Crippen MR) is 104 cm³/mol. The SMILES string of the molecule is COc1ccc([C@@H]2C(C(C)=O)=C(O)C(=O)N2c2cccc(C(=O)O)c2)cc1OC. The number of carbonyl (C=O) groups is 3. The molecule has 0 saturated heterocycles. The topological polar surface area (TPSA) is 113 Å². The van der Waals surface area contributed by atoms with E-state index < -0.39 is 29.5 Å². The summed E-state index contributed by atoms with van der Waals surface area (Å²) in [5.41, 5.74) is 0.614. The molecule has 1 amide bonds. The number of carboxylic acid groups (broad SMARTS) is 1. The highest BCUT2D eigenvalue weighted by Crippen LogP contribution is 2.43. The molecule has 0 aliphatic carbocycles. The molecule has 2 N–H and O–H groups in total. The first kappa shape index (κ1) is 19.9. The summed E-state index contributed by atoms with van der Waals surface area (Å²) in [6.45, 7) is 1.25. The summed E-state index contributed by atoms with van der Waals surface area (Å²) in [6.07, 6.45) is 0. The van der Waals surface area contributed by atoms with Gasteiger partial charge in [-0.05, 0) is 42.8 Å². The molecular formula is C21H19NO7. The van der Waals surface area contributed by atoms with Crippen molar-refractivity contribution in [1.82, 2.24) is 0 Å². The maximum Gasteiger partial charge on any atom is 0.335 e. The standard InChI is InChI=1S/C21H19NO7/c1-11(23)17-18(12-7-8-15(28-2)16(10-12)29-3)22(20(25)19(17)24)14-6-4-5-13(9-14)21(26)27/h4-10,18,24H,1-3H3,(H,26,27)/t18-/m1/s1. The van der Waals surface area contributed by atoms with E-state index in [1.165, 1.54) is 50.3 Å². The Morgan fingerprint density at radius 1 is 1.03 bits per heavy atom. The highest BCUT2D eigenvalue weighted by molar-refractivity contribution is 6.16. The number of rotatable bonds is 6. The Balaban J connectivity index is 2.21. The van der Waals surface area contributed by atoms with E-state index in [1.807, 2.05) is 0 Å². The lowest BCUT2D eigenvalue weighted by molar-refractivity contribution is -0.117. The van der Waals surface area contributed by atoms with Gasteiger partial charge in [0.25, 0.3) is 5.91 Å². The fraction of sp³-hybridized carbons (Fsp3) is 0.190. The molecule has 0 saturated carbocycles. The maximum absolute atomic E-state index is 12.8. The average Bonchev–Trinajstić information content (AvgIpc) is 2.98. The molecule has 0 bridgehead atoms. The van der Waals surface area contributed by atoms with Crippen LogP contribution in [-0.2, 0) is 9.59 Å². The number of benzene rings is 2. The molecule has 0 unspecified atom stereocenters. The van der Waals surface area contributed by atoms with Crippen molar-refractivity contribution in [3.05, 3.63) is 64.9 Å². The molecule has 0 spiro atoms. The molecule has 8 nitrogen and oxygen atoms in total. The van der Waals surface area contributed by atoms with Crippen molar-refractivity contribution >= 4 is 23.3 Å². The average molecular weight is 397 g/mol. The van der Waals surface area contributed by atoms with Gasteiger partial charge in [-0.25, -0.2) is 4.79 Å². The minimum Gasteiger partial charge on any atom is -0.503 e. The third-order valence-corrected chi connectivity index (χ3v) is 4.68. The first-order chi connectivity index (χ1) is 13.8. The number of carbonyl (C=O) groups excluding carboxylic acids is 2. The molecule has 0 radical (unpaired) electrons. The minimum absolute atomic E-state index is 0.0304. The summed E-state index contributed by atoms with van der Waals surface area (Å²) in [4.78, 5) is 37.6. The van der Waals surface area contributed by atoms with Crippen molar-refractivity contribution in [2.75, 3.05) is 19.1 Å². The fourth-order valence-corrected chi connectivity index (χ4v) is 3.36. The first-order valence-electron chi connectivity index (χ1n) is 8.63. The number of anilines is 1. The molecule has 3 rings (SSSR count). The van der Waals surface area contributed by atoms with Crippen LogP contribution >= 0.6 is 0 Å². The van der Waals surface area contributed by atoms with E-state index in [9.17, 15) is 24.6 Å². The summed E-state index contributed by atoms with van der Waals surface area (Å²) in [5.74, 6) is -2.27. The van der Waals surface area contributed by atoms with Crippen LogP contribution in [0, 0.1) is 0 Å². The van der Waals surface area contributed by atoms with Gasteiger partial charge in [-0.2, -0.15) is 0 Å². The molecule has 0 aromatic heterocycles. The Morgan fingerprint density at radius 3 is 2.31 bits per heavy atom. The quantitative estimate of drug-likeness (QED) is 0.770. The normalized spacial score (nSPS) is 16.2. The number of aliphatic hydroxyl groups is 1. The molecule has 2 aromatic rings. The Kier molecular flexibility index (Phi) is 5.27. The Morgan fingerprint density at radius 2 is 1.72 bits per heavy atom. The molecule has 150 valence electrons. The highest BCUT2D eigenvalue weighted by Gasteiger charge is 2.43. The predicted octanol–water partition coefficient (Wildman–Crippen LogP) is 2.89. The van der Waals surface area contributed by atoms with Gasteiger partial charge in [0.2, 0.25) is 0 Å². The summed E-state index contributed by atoms with van der Waals surface area (Å²) in [7, 11) is 2.93. The van der Waals surface area contributed by atoms with E-state index in [4.69, 9.17) is 9.47 Å². The number of carboxylic acids is 1. The van der Waals surface area contributed by atoms with E-state index in [-0.39, 0.29) is 16.8 Å². The molecule has 8 heteroatoms. The zero-order valence-corrected chi connectivity index (χ0v) is 16.0. The molecule has 29 heavy (non-hydrogen) atoms. The smallest absolute Gasteiger partial charge is 0.335 e. The number of aliphatic hydroxyl groups excluding tert-OH is 1. The third-order valence-electron chi connectivity index (χ3n) is 4.68. The van der Waals surface area contributed by atoms with Crippen LogP contribution in [0.2, 0.25) is 0 Å². The number of hydrogen-bond donors (Lipinski definition) is 2. The summed E-state index contributed by atoms with van der Waals surface area (Å²) < 4.78 is 10.5. The first-order valence-corrected chi connectivity index (χ1v) is 8.63. The van der Waals surface area contributed by atoms with Crippen LogP contribution in [-0.4, -0.2) is 42.1 Å². The number of aromatic carboxylic acids is 1. The lowest BCUT2D eigenvalue weighted by atomic mass is 9.96. The van der Waals surface area contributed by atoms with Crippen LogP contribution < -0.4 is 14.4 Å². The Labute approximate surface area is 166 Å². The van der Waals surface area contributed by atoms with Crippen molar-refractivity contribution in [2.24, 2.45) is 0 Å². The van der Waals surface area contributed by atoms with Crippen LogP contribution in [0.25, 0.3) is 0 Å². The minimum atomic E-state index is -1.16. The van der Waals surface area contributed by atoms with Crippen molar-refractivity contribution < 1.29 is 34.1 Å². The molecule has 1 heterocycles. The van der Waals surface area contributed by atoms with Crippen LogP contribution in [0.5, 0.6) is 11.5 Å². The number of ether oxygens (including phenoxy) is 2. The molecule has 1 aliphatic heterocycles. The number of hydrogen-bond acceptors (Lipinski definition) is 6. The third kappa shape index (κ3) is 3.40. The molecule has 1 atom stereocenters. The Hall–Kier alpha value is -3.81. The fourth-order valence-electron chi connectivity index (χ4n) is 3.36. The van der Waals surface area contributed by atoms with Gasteiger partial charge < -0.3 is 19.7 Å². The summed E-state index contributed by atoms with van der Waals surface area (Å²) in [6, 6.07) is 9.64. The Bertz CT molecular complexity index is 1040. The zero-order chi connectivity index (χ0) is 21.3. The van der Waals surface area contributed by atoms with Gasteiger partial charge in [0.05, 0.1) is 31.4 Å². The molecule has 2 aromatic carbocycles. The second-order valence-electron chi connectivity index (χ2n) is 6.37. The van der Waals surface area contributed by atoms with Crippen LogP contribution in [0.3, 0.4) is 0 Å². The molecular weight excluding hydrogens is 378 g/mol. The second-order valence-corrected chi connectivity index (χ2v) is 6.37. The van der Waals surface area contributed by atoms with Crippen molar-refractivity contribution in [3.63, 3.8) is 0 Å². The monoisotopic (exact) mass is 397 g/mol. The summed E-state index contributed by atoms with van der Waals surface area (Å²) in [5, 5.41) is 19.7. The van der Waals surface area contributed by atoms with Gasteiger partial charge in [0.1, 0.15) is 0 Å². The van der Waals surface area contributed by atoms with Crippen molar-refractivity contribution in [2.45, 2.75) is 13.0 Å². The number of amides is 1. The van der Waals surface area contributed by atoms with Gasteiger partial charge in [0, 0.05) is 5.69 Å². The zero-order valence-electron chi connectivity index (χ0n) is 16.0. The van der Waals surface area contributed by atoms with E-state index in [0.717, 1.165) is 0 Å². The van der Waals surface area contributed by atoms with E-state index >= 15 is 0 Å². The largest absolute Gasteiger partial charge is 0.503 e. The lowest BCUT2D eigenvalue weighted by Crippen LogP contribution is -2.31. The van der Waals surface area contributed by atoms with E-state index in [2.05, 4.69) is 0 Å². The highest BCUT2D eigenvalue weighted by atomic mass is 16.5. The van der Waals surface area contributed by atoms with Gasteiger partial charge in [-0.1, -0.05) is 12.1 Å². The lowest BCUT2D eigenvalue weighted by Gasteiger charge is -2.27. The van der Waals surface area contributed by atoms with Crippen LogP contribution in [0.1, 0.15) is 28.9 Å². The number of nitrogens with zero attached hydrogens (tertiary/aromatic N) is 1. The van der Waals surface area contributed by atoms with Gasteiger partial charge >= 0.3 is 5.97 Å². The molecule has 1 aliphatic rings. The van der Waals surface area contributed by atoms with E-state index in [0.29, 0.717) is 17.1 Å². The number of ketones is 1. The summed E-state index contributed by atoms with van der Waals surface area (Å²) >= 11 is 0. The van der Waals surface area contributed by atoms with E-state index in [1.54, 1.807) is 18.2 Å².